The Morgan fingerprint density at radius 3 is 2.80 bits per heavy atom. The fourth-order valence-corrected chi connectivity index (χ4v) is 2.42. The molecule has 0 amide bonds. The zero-order valence-corrected chi connectivity index (χ0v) is 12.2. The molecule has 0 saturated carbocycles. The third kappa shape index (κ3) is 4.01. The predicted molar refractivity (Wildman–Crippen MR) is 74.7 cm³/mol. The molecule has 1 aromatic rings. The molecule has 2 N–H and O–H groups in total. The lowest BCUT2D eigenvalue weighted by atomic mass is 9.80. The summed E-state index contributed by atoms with van der Waals surface area (Å²) in [4.78, 5) is 13.0. The molecule has 0 radical (unpaired) electrons. The lowest BCUT2D eigenvalue weighted by molar-refractivity contribution is 0.0690. The van der Waals surface area contributed by atoms with Crippen LogP contribution in [0.5, 0.6) is 0 Å². The van der Waals surface area contributed by atoms with E-state index in [0.29, 0.717) is 12.0 Å². The number of aromatic nitrogens is 3. The van der Waals surface area contributed by atoms with E-state index >= 15 is 0 Å². The van der Waals surface area contributed by atoms with Gasteiger partial charge in [-0.3, -0.25) is 4.68 Å². The van der Waals surface area contributed by atoms with Gasteiger partial charge in [0, 0.05) is 13.1 Å². The topological polar surface area (TPSA) is 83.3 Å². The second-order valence-electron chi connectivity index (χ2n) is 5.96. The molecular weight excluding hydrogens is 258 g/mol. The lowest BCUT2D eigenvalue weighted by Crippen LogP contribution is -2.42. The van der Waals surface area contributed by atoms with Crippen molar-refractivity contribution in [2.45, 2.75) is 26.3 Å². The van der Waals surface area contributed by atoms with Crippen LogP contribution in [0.4, 0.5) is 0 Å². The highest BCUT2D eigenvalue weighted by molar-refractivity contribution is 5.84. The second kappa shape index (κ2) is 6.32. The van der Waals surface area contributed by atoms with E-state index < -0.39 is 5.97 Å². The average molecular weight is 281 g/mol. The Morgan fingerprint density at radius 2 is 2.20 bits per heavy atom. The summed E-state index contributed by atoms with van der Waals surface area (Å²) in [7, 11) is 2.16. The van der Waals surface area contributed by atoms with Crippen molar-refractivity contribution < 1.29 is 9.90 Å². The van der Waals surface area contributed by atoms with E-state index in [1.165, 1.54) is 19.0 Å². The van der Waals surface area contributed by atoms with Crippen molar-refractivity contribution in [3.63, 3.8) is 0 Å². The predicted octanol–water partition coefficient (Wildman–Crippen LogP) is 0.298. The first-order valence-corrected chi connectivity index (χ1v) is 7.01. The number of carbonyl (C=O) groups is 1. The summed E-state index contributed by atoms with van der Waals surface area (Å²) in [5.41, 5.74) is 0.355. The Bertz CT molecular complexity index is 451. The van der Waals surface area contributed by atoms with Gasteiger partial charge in [0.1, 0.15) is 0 Å². The summed E-state index contributed by atoms with van der Waals surface area (Å²) in [6.07, 6.45) is 3.88. The monoisotopic (exact) mass is 281 g/mol. The van der Waals surface area contributed by atoms with Crippen LogP contribution in [-0.2, 0) is 6.54 Å². The van der Waals surface area contributed by atoms with Crippen molar-refractivity contribution in [3.8, 4) is 0 Å². The first kappa shape index (κ1) is 14.9. The van der Waals surface area contributed by atoms with Gasteiger partial charge in [0.15, 0.2) is 5.69 Å². The van der Waals surface area contributed by atoms with Crippen molar-refractivity contribution in [3.05, 3.63) is 11.9 Å². The van der Waals surface area contributed by atoms with Crippen molar-refractivity contribution in [2.24, 2.45) is 5.41 Å². The normalized spacial score (nSPS) is 19.1. The summed E-state index contributed by atoms with van der Waals surface area (Å²) in [6, 6.07) is 0. The van der Waals surface area contributed by atoms with Crippen LogP contribution in [-0.4, -0.2) is 64.2 Å². The molecule has 1 aliphatic rings. The van der Waals surface area contributed by atoms with Gasteiger partial charge in [-0.25, -0.2) is 4.79 Å². The molecule has 0 aliphatic carbocycles. The van der Waals surface area contributed by atoms with E-state index in [-0.39, 0.29) is 5.69 Å². The molecule has 7 heteroatoms. The molecule has 0 atom stereocenters. The smallest absolute Gasteiger partial charge is 0.358 e. The maximum atomic E-state index is 10.7. The quantitative estimate of drug-likeness (QED) is 0.730. The minimum Gasteiger partial charge on any atom is -0.476 e. The van der Waals surface area contributed by atoms with E-state index in [1.807, 2.05) is 0 Å². The lowest BCUT2D eigenvalue weighted by Gasteiger charge is -2.38. The van der Waals surface area contributed by atoms with Crippen molar-refractivity contribution in [2.75, 3.05) is 33.2 Å². The van der Waals surface area contributed by atoms with Crippen LogP contribution < -0.4 is 5.32 Å². The third-order valence-corrected chi connectivity index (χ3v) is 4.02. The van der Waals surface area contributed by atoms with Gasteiger partial charge in [0.05, 0.1) is 12.7 Å². The molecule has 1 fully saturated rings. The molecule has 20 heavy (non-hydrogen) atoms. The summed E-state index contributed by atoms with van der Waals surface area (Å²) in [5, 5.41) is 19.6. The molecule has 0 aromatic carbocycles. The number of carboxylic acids is 1. The number of hydrogen-bond acceptors (Lipinski definition) is 5. The van der Waals surface area contributed by atoms with Gasteiger partial charge in [-0.05, 0) is 38.4 Å². The fourth-order valence-electron chi connectivity index (χ4n) is 2.42. The molecule has 0 unspecified atom stereocenters. The van der Waals surface area contributed by atoms with Gasteiger partial charge in [0.2, 0.25) is 0 Å². The van der Waals surface area contributed by atoms with Crippen LogP contribution >= 0.6 is 0 Å². The van der Waals surface area contributed by atoms with Crippen molar-refractivity contribution in [1.82, 2.24) is 25.2 Å². The van der Waals surface area contributed by atoms with E-state index in [4.69, 9.17) is 5.11 Å². The van der Waals surface area contributed by atoms with Crippen LogP contribution in [0.15, 0.2) is 6.20 Å². The minimum absolute atomic E-state index is 0.00715. The number of nitrogens with one attached hydrogen (secondary N) is 1. The van der Waals surface area contributed by atoms with Crippen LogP contribution in [0.2, 0.25) is 0 Å². The number of aromatic carboxylic acids is 1. The van der Waals surface area contributed by atoms with Crippen LogP contribution in [0.25, 0.3) is 0 Å². The summed E-state index contributed by atoms with van der Waals surface area (Å²) < 4.78 is 1.56. The number of piperidine rings is 1. The highest BCUT2D eigenvalue weighted by Crippen LogP contribution is 2.29. The van der Waals surface area contributed by atoms with Crippen LogP contribution in [0.3, 0.4) is 0 Å². The Kier molecular flexibility index (Phi) is 4.72. The van der Waals surface area contributed by atoms with Crippen molar-refractivity contribution in [1.29, 1.82) is 0 Å². The van der Waals surface area contributed by atoms with Gasteiger partial charge in [0.25, 0.3) is 0 Å². The first-order valence-electron chi connectivity index (χ1n) is 7.01. The van der Waals surface area contributed by atoms with Crippen LogP contribution in [0.1, 0.15) is 30.3 Å². The number of likely N-dealkylation sites (tertiary alicyclic amines) is 1. The average Bonchev–Trinajstić information content (AvgIpc) is 2.88. The largest absolute Gasteiger partial charge is 0.476 e. The van der Waals surface area contributed by atoms with Gasteiger partial charge in [-0.2, -0.15) is 0 Å². The summed E-state index contributed by atoms with van der Waals surface area (Å²) in [6.45, 7) is 7.03. The van der Waals surface area contributed by atoms with Gasteiger partial charge >= 0.3 is 5.97 Å². The van der Waals surface area contributed by atoms with E-state index in [9.17, 15) is 4.79 Å². The first-order chi connectivity index (χ1) is 9.48. The Hall–Kier alpha value is -1.47. The SMILES string of the molecule is CN1CCC(C)(CNCCn2cc(C(=O)O)nn2)CC1. The van der Waals surface area contributed by atoms with E-state index in [0.717, 1.165) is 26.2 Å². The number of hydrogen-bond donors (Lipinski definition) is 2. The van der Waals surface area contributed by atoms with Gasteiger partial charge in [-0.15, -0.1) is 5.10 Å². The fraction of sp³-hybridized carbons (Fsp3) is 0.769. The molecular formula is C13H23N5O2. The summed E-state index contributed by atoms with van der Waals surface area (Å²) in [5.74, 6) is -1.04. The molecule has 112 valence electrons. The third-order valence-electron chi connectivity index (χ3n) is 4.02. The zero-order chi connectivity index (χ0) is 14.6. The van der Waals surface area contributed by atoms with Gasteiger partial charge < -0.3 is 15.3 Å². The van der Waals surface area contributed by atoms with E-state index in [2.05, 4.69) is 34.5 Å². The van der Waals surface area contributed by atoms with E-state index in [1.54, 1.807) is 4.68 Å². The standard InChI is InChI=1S/C13H23N5O2/c1-13(3-6-17(2)7-4-13)10-14-5-8-18-9-11(12(19)20)15-16-18/h9,14H,3-8,10H2,1-2H3,(H,19,20). The highest BCUT2D eigenvalue weighted by Gasteiger charge is 2.28. The number of carboxylic acid groups (broad SMARTS) is 1. The molecule has 1 aromatic heterocycles. The zero-order valence-electron chi connectivity index (χ0n) is 12.2. The molecule has 2 rings (SSSR count). The molecule has 1 aliphatic heterocycles. The van der Waals surface area contributed by atoms with Gasteiger partial charge in [-0.1, -0.05) is 12.1 Å². The highest BCUT2D eigenvalue weighted by atomic mass is 16.4. The molecule has 0 spiro atoms. The Balaban J connectivity index is 1.69. The second-order valence-corrected chi connectivity index (χ2v) is 5.96. The Labute approximate surface area is 119 Å². The molecule has 2 heterocycles. The number of rotatable bonds is 6. The summed E-state index contributed by atoms with van der Waals surface area (Å²) >= 11 is 0. The molecule has 7 nitrogen and oxygen atoms in total. The van der Waals surface area contributed by atoms with Crippen LogP contribution in [0, 0.1) is 5.41 Å². The molecule has 1 saturated heterocycles. The minimum atomic E-state index is -1.04. The molecule has 0 bridgehead atoms. The maximum absolute atomic E-state index is 10.7. The number of nitrogens with zero attached hydrogens (tertiary/aromatic N) is 4. The Morgan fingerprint density at radius 1 is 1.50 bits per heavy atom. The van der Waals surface area contributed by atoms with Crippen molar-refractivity contribution >= 4 is 5.97 Å². The maximum Gasteiger partial charge on any atom is 0.358 e.